The Kier molecular flexibility index (Phi) is 20.8. The van der Waals surface area contributed by atoms with Gasteiger partial charge in [-0.05, 0) is 25.0 Å². The van der Waals surface area contributed by atoms with Gasteiger partial charge in [-0.1, -0.05) is 86.3 Å². The molecule has 0 unspecified atom stereocenters. The van der Waals surface area contributed by atoms with E-state index in [9.17, 15) is 28.5 Å². The molecule has 0 saturated carbocycles. The fourth-order valence-corrected chi connectivity index (χ4v) is 4.41. The van der Waals surface area contributed by atoms with Crippen LogP contribution >= 0.6 is 0 Å². The molecule has 3 aromatic rings. The Labute approximate surface area is 265 Å². The van der Waals surface area contributed by atoms with Gasteiger partial charge < -0.3 is 9.87 Å². The highest BCUT2D eigenvalue weighted by Crippen LogP contribution is 2.14. The van der Waals surface area contributed by atoms with Crippen LogP contribution in [0.5, 0.6) is 0 Å². The Balaban J connectivity index is 0. The van der Waals surface area contributed by atoms with Crippen molar-refractivity contribution < 1.29 is 46.0 Å². The molecule has 0 aliphatic rings. The largest absolute Gasteiger partial charge is 0.722 e. The SMILES string of the molecule is CC#N.CC(C)N(Cc1ccccc1)S(=O)(=O)F.CC(C)NCc1ccccc1.Cc1n(S(=O)(=O)F)cc[n+]1C.O=S(=O)([O-])F. The van der Waals surface area contributed by atoms with Gasteiger partial charge in [0.1, 0.15) is 12.4 Å². The molecule has 1 N–H and O–H groups in total. The van der Waals surface area contributed by atoms with Crippen molar-refractivity contribution >= 4 is 31.3 Å². The first-order chi connectivity index (χ1) is 20.5. The summed E-state index contributed by atoms with van der Waals surface area (Å²) >= 11 is 0. The highest BCUT2D eigenvalue weighted by molar-refractivity contribution is 7.84. The Morgan fingerprint density at radius 1 is 0.911 bits per heavy atom. The predicted molar refractivity (Wildman–Crippen MR) is 163 cm³/mol. The van der Waals surface area contributed by atoms with Gasteiger partial charge in [0.25, 0.3) is 16.3 Å². The van der Waals surface area contributed by atoms with Crippen molar-refractivity contribution in [1.29, 1.82) is 5.26 Å². The molecule has 0 bridgehead atoms. The maximum Gasteiger partial charge on any atom is 0.480 e. The molecule has 18 heteroatoms. The standard InChI is InChI=1S/C10H14FNO2S.C10H15N.C5H8FN2O2S.C2H3N.FHO3S/c1-9(2)12(15(11,13)14)8-10-6-4-3-5-7-10;1-9(2)11-8-10-6-4-3-5-7-10;1-5-7(2)3-4-8(5)11(6,9)10;1-2-3;1-5(2,3)4/h3-7,9H,8H2,1-2H3;3-7,9,11H,8H2,1-2H3;3-4H,1-2H3;1H3;(H,2,3,4)/q;;+1;;/p-1. The van der Waals surface area contributed by atoms with E-state index < -0.39 is 31.3 Å². The fraction of sp³-hybridized carbons (Fsp3) is 0.407. The average Bonchev–Trinajstić information content (AvgIpc) is 3.25. The maximum absolute atomic E-state index is 12.9. The number of aromatic nitrogens is 2. The van der Waals surface area contributed by atoms with Gasteiger partial charge in [-0.25, -0.2) is 13.0 Å². The van der Waals surface area contributed by atoms with E-state index in [2.05, 4.69) is 43.4 Å². The average molecular weight is 700 g/mol. The van der Waals surface area contributed by atoms with Gasteiger partial charge in [-0.2, -0.15) is 26.4 Å². The molecule has 2 aromatic carbocycles. The van der Waals surface area contributed by atoms with Crippen LogP contribution < -0.4 is 9.88 Å². The van der Waals surface area contributed by atoms with E-state index >= 15 is 0 Å². The third kappa shape index (κ3) is 23.7. The van der Waals surface area contributed by atoms with Crippen LogP contribution in [0.4, 0.5) is 11.7 Å². The molecule has 0 saturated heterocycles. The molecule has 45 heavy (non-hydrogen) atoms. The van der Waals surface area contributed by atoms with Crippen molar-refractivity contribution in [2.45, 2.75) is 66.7 Å². The normalized spacial score (nSPS) is 11.0. The summed E-state index contributed by atoms with van der Waals surface area (Å²) in [6, 6.07) is 21.3. The number of halogens is 3. The molecule has 254 valence electrons. The number of benzene rings is 2. The van der Waals surface area contributed by atoms with E-state index in [0.29, 0.717) is 15.8 Å². The lowest BCUT2D eigenvalue weighted by Gasteiger charge is -2.21. The molecule has 0 aliphatic carbocycles. The Morgan fingerprint density at radius 3 is 1.58 bits per heavy atom. The van der Waals surface area contributed by atoms with Gasteiger partial charge in [-0.3, -0.25) is 0 Å². The first kappa shape index (κ1) is 43.8. The van der Waals surface area contributed by atoms with Crippen LogP contribution in [0.25, 0.3) is 0 Å². The zero-order valence-corrected chi connectivity index (χ0v) is 28.5. The van der Waals surface area contributed by atoms with Crippen LogP contribution in [0.1, 0.15) is 51.6 Å². The molecule has 0 spiro atoms. The summed E-state index contributed by atoms with van der Waals surface area (Å²) in [5, 5.41) is 10.7. The van der Waals surface area contributed by atoms with Crippen molar-refractivity contribution in [3.8, 4) is 6.07 Å². The molecule has 1 heterocycles. The van der Waals surface area contributed by atoms with E-state index in [1.807, 2.05) is 12.1 Å². The van der Waals surface area contributed by atoms with E-state index in [1.54, 1.807) is 51.2 Å². The Bertz CT molecular complexity index is 1610. The fourth-order valence-electron chi connectivity index (χ4n) is 2.95. The third-order valence-corrected chi connectivity index (χ3v) is 7.05. The molecule has 3 rings (SSSR count). The minimum Gasteiger partial charge on any atom is -0.722 e. The lowest BCUT2D eigenvalue weighted by Crippen LogP contribution is -2.33. The number of imidazole rings is 1. The summed E-state index contributed by atoms with van der Waals surface area (Å²) in [7, 11) is -13.0. The number of hydrogen-bond acceptors (Lipinski definition) is 9. The summed E-state index contributed by atoms with van der Waals surface area (Å²) in [5.74, 6) is 0.326. The quantitative estimate of drug-likeness (QED) is 0.208. The van der Waals surface area contributed by atoms with E-state index in [1.165, 1.54) is 30.2 Å². The molecule has 0 aliphatic heterocycles. The smallest absolute Gasteiger partial charge is 0.480 e. The van der Waals surface area contributed by atoms with Crippen molar-refractivity contribution in [2.75, 3.05) is 0 Å². The summed E-state index contributed by atoms with van der Waals surface area (Å²) in [6.07, 6.45) is 2.62. The third-order valence-electron chi connectivity index (χ3n) is 5.08. The zero-order valence-electron chi connectivity index (χ0n) is 26.0. The van der Waals surface area contributed by atoms with Crippen molar-refractivity contribution in [3.63, 3.8) is 0 Å². The van der Waals surface area contributed by atoms with Crippen LogP contribution in [0.15, 0.2) is 73.1 Å². The minimum absolute atomic E-state index is 0.0668. The molecule has 0 fully saturated rings. The van der Waals surface area contributed by atoms with Crippen LogP contribution in [0.3, 0.4) is 0 Å². The van der Waals surface area contributed by atoms with Crippen LogP contribution in [-0.4, -0.2) is 50.2 Å². The monoisotopic (exact) mass is 699 g/mol. The van der Waals surface area contributed by atoms with E-state index in [-0.39, 0.29) is 12.6 Å². The lowest BCUT2D eigenvalue weighted by atomic mass is 10.2. The minimum atomic E-state index is -5.42. The molecule has 12 nitrogen and oxygen atoms in total. The van der Waals surface area contributed by atoms with Gasteiger partial charge in [0.15, 0.2) is 0 Å². The summed E-state index contributed by atoms with van der Waals surface area (Å²) in [4.78, 5) is 0. The molecule has 1 aromatic heterocycles. The molecule has 0 atom stereocenters. The zero-order chi connectivity index (χ0) is 35.4. The summed E-state index contributed by atoms with van der Waals surface area (Å²) in [6.45, 7) is 11.6. The highest BCUT2D eigenvalue weighted by atomic mass is 32.3. The van der Waals surface area contributed by atoms with Gasteiger partial charge >= 0.3 is 20.8 Å². The van der Waals surface area contributed by atoms with Gasteiger partial charge in [-0.15, -0.1) is 3.89 Å². The van der Waals surface area contributed by atoms with Crippen molar-refractivity contribution in [1.82, 2.24) is 13.6 Å². The lowest BCUT2D eigenvalue weighted by molar-refractivity contribution is -0.676. The summed E-state index contributed by atoms with van der Waals surface area (Å²) < 4.78 is 106. The molecular weight excluding hydrogens is 660 g/mol. The number of rotatable bonds is 8. The topological polar surface area (TPSA) is 173 Å². The molecular formula is C27H40F3N5O7S3. The predicted octanol–water partition coefficient (Wildman–Crippen LogP) is 3.93. The molecule has 0 amide bonds. The highest BCUT2D eigenvalue weighted by Gasteiger charge is 2.24. The number of nitrogens with one attached hydrogen (secondary N) is 1. The second kappa shape index (κ2) is 21.4. The van der Waals surface area contributed by atoms with E-state index in [4.69, 9.17) is 18.2 Å². The van der Waals surface area contributed by atoms with Gasteiger partial charge in [0.05, 0.1) is 13.1 Å². The van der Waals surface area contributed by atoms with Crippen molar-refractivity contribution in [2.24, 2.45) is 7.05 Å². The Hall–Kier alpha value is -3.34. The number of aryl methyl sites for hydroxylation is 1. The number of nitrogens with zero attached hydrogens (tertiary/aromatic N) is 4. The first-order valence-electron chi connectivity index (χ1n) is 13.0. The Morgan fingerprint density at radius 2 is 1.31 bits per heavy atom. The molecule has 0 radical (unpaired) electrons. The van der Waals surface area contributed by atoms with E-state index in [0.717, 1.165) is 22.6 Å². The van der Waals surface area contributed by atoms with Crippen LogP contribution in [-0.2, 0) is 51.5 Å². The maximum atomic E-state index is 12.9. The van der Waals surface area contributed by atoms with Gasteiger partial charge in [0.2, 0.25) is 0 Å². The number of hydrogen-bond donors (Lipinski definition) is 1. The van der Waals surface area contributed by atoms with Crippen LogP contribution in [0.2, 0.25) is 0 Å². The van der Waals surface area contributed by atoms with Crippen LogP contribution in [0, 0.1) is 18.3 Å². The summed E-state index contributed by atoms with van der Waals surface area (Å²) in [5.41, 5.74) is 2.12. The first-order valence-corrected chi connectivity index (χ1v) is 17.0. The van der Waals surface area contributed by atoms with Crippen molar-refractivity contribution in [3.05, 3.63) is 90.0 Å². The second-order valence-corrected chi connectivity index (χ2v) is 12.7. The van der Waals surface area contributed by atoms with Gasteiger partial charge in [0, 0.05) is 39.0 Å². The number of nitriles is 1. The second-order valence-electron chi connectivity index (χ2n) is 9.40.